The van der Waals surface area contributed by atoms with Crippen molar-refractivity contribution >= 4 is 48.4 Å². The van der Waals surface area contributed by atoms with Gasteiger partial charge in [-0.3, -0.25) is 15.6 Å². The SMILES string of the molecule is Cl.Cl.N=C(N)c1ccc(C(=O)O)cc1.N=C(N)c1ccc(C(N)=O)cc1. The molecule has 0 aliphatic rings. The second-order valence-electron chi connectivity index (χ2n) is 4.65. The van der Waals surface area contributed by atoms with E-state index in [1.165, 1.54) is 24.3 Å². The van der Waals surface area contributed by atoms with E-state index in [-0.39, 0.29) is 42.0 Å². The Labute approximate surface area is 162 Å². The summed E-state index contributed by atoms with van der Waals surface area (Å²) in [6, 6.07) is 12.1. The van der Waals surface area contributed by atoms with Gasteiger partial charge in [0.05, 0.1) is 5.56 Å². The van der Waals surface area contributed by atoms with Crippen molar-refractivity contribution in [2.24, 2.45) is 17.2 Å². The van der Waals surface area contributed by atoms with Crippen LogP contribution in [0.25, 0.3) is 0 Å². The maximum atomic E-state index is 10.6. The van der Waals surface area contributed by atoms with Crippen LogP contribution in [0, 0.1) is 10.8 Å². The first-order chi connectivity index (χ1) is 11.2. The van der Waals surface area contributed by atoms with Crippen LogP contribution in [-0.2, 0) is 0 Å². The Balaban J connectivity index is 0. The molecule has 0 atom stereocenters. The number of hydrogen-bond acceptors (Lipinski definition) is 4. The van der Waals surface area contributed by atoms with E-state index >= 15 is 0 Å². The highest BCUT2D eigenvalue weighted by atomic mass is 35.5. The third-order valence-corrected chi connectivity index (χ3v) is 2.92. The molecular formula is C16H19Cl2N5O3. The lowest BCUT2D eigenvalue weighted by molar-refractivity contribution is 0.0696. The highest BCUT2D eigenvalue weighted by Crippen LogP contribution is 2.03. The summed E-state index contributed by atoms with van der Waals surface area (Å²) in [6.07, 6.45) is 0. The van der Waals surface area contributed by atoms with Gasteiger partial charge in [0.25, 0.3) is 0 Å². The molecule has 0 spiro atoms. The van der Waals surface area contributed by atoms with Crippen LogP contribution in [-0.4, -0.2) is 28.7 Å². The summed E-state index contributed by atoms with van der Waals surface area (Å²) in [5.41, 5.74) is 17.1. The van der Waals surface area contributed by atoms with Crippen molar-refractivity contribution in [3.05, 3.63) is 70.8 Å². The third kappa shape index (κ3) is 7.65. The van der Waals surface area contributed by atoms with Crippen LogP contribution in [0.4, 0.5) is 0 Å². The number of carbonyl (C=O) groups excluding carboxylic acids is 1. The maximum Gasteiger partial charge on any atom is 0.335 e. The van der Waals surface area contributed by atoms with Gasteiger partial charge in [0, 0.05) is 16.7 Å². The molecule has 0 saturated carbocycles. The van der Waals surface area contributed by atoms with Gasteiger partial charge in [-0.2, -0.15) is 0 Å². The molecule has 0 radical (unpaired) electrons. The zero-order chi connectivity index (χ0) is 18.3. The summed E-state index contributed by atoms with van der Waals surface area (Å²) in [5.74, 6) is -1.55. The lowest BCUT2D eigenvalue weighted by atomic mass is 10.1. The number of amidine groups is 2. The van der Waals surface area contributed by atoms with Crippen molar-refractivity contribution in [3.8, 4) is 0 Å². The molecular weight excluding hydrogens is 381 g/mol. The van der Waals surface area contributed by atoms with Crippen LogP contribution in [0.1, 0.15) is 31.8 Å². The van der Waals surface area contributed by atoms with Crippen LogP contribution in [0.15, 0.2) is 48.5 Å². The second-order valence-corrected chi connectivity index (χ2v) is 4.65. The van der Waals surface area contributed by atoms with Crippen molar-refractivity contribution in [1.82, 2.24) is 0 Å². The number of rotatable bonds is 4. The number of primary amides is 1. The number of carbonyl (C=O) groups is 2. The molecule has 2 aromatic rings. The smallest absolute Gasteiger partial charge is 0.335 e. The summed E-state index contributed by atoms with van der Waals surface area (Å²) in [6.45, 7) is 0. The van der Waals surface area contributed by atoms with Crippen LogP contribution in [0.5, 0.6) is 0 Å². The maximum absolute atomic E-state index is 10.6. The first kappa shape index (κ1) is 25.1. The summed E-state index contributed by atoms with van der Waals surface area (Å²) < 4.78 is 0. The first-order valence-corrected chi connectivity index (χ1v) is 6.64. The largest absolute Gasteiger partial charge is 0.478 e. The van der Waals surface area contributed by atoms with E-state index < -0.39 is 11.9 Å². The van der Waals surface area contributed by atoms with Gasteiger partial charge in [-0.1, -0.05) is 24.3 Å². The Hall–Kier alpha value is -3.10. The minimum absolute atomic E-state index is 0. The Morgan fingerprint density at radius 2 is 0.923 bits per heavy atom. The number of carboxylic acid groups (broad SMARTS) is 1. The standard InChI is InChI=1S/C8H9N3O.C8H8N2O2.2ClH/c2*9-7(10)5-1-3-6(4-2-5)8(11)12;;/h1-4H,(H3,9,10)(H2,11,12);1-4H,(H3,9,10)(H,11,12);2*1H. The van der Waals surface area contributed by atoms with Gasteiger partial charge in [-0.15, -0.1) is 24.8 Å². The minimum Gasteiger partial charge on any atom is -0.478 e. The van der Waals surface area contributed by atoms with Crippen LogP contribution in [0.2, 0.25) is 0 Å². The van der Waals surface area contributed by atoms with E-state index in [1.54, 1.807) is 24.3 Å². The third-order valence-electron chi connectivity index (χ3n) is 2.92. The number of benzene rings is 2. The molecule has 0 unspecified atom stereocenters. The van der Waals surface area contributed by atoms with Gasteiger partial charge in [-0.05, 0) is 24.3 Å². The number of aromatic carboxylic acids is 1. The number of nitrogens with one attached hydrogen (secondary N) is 2. The van der Waals surface area contributed by atoms with E-state index in [0.29, 0.717) is 16.7 Å². The van der Waals surface area contributed by atoms with E-state index in [1.807, 2.05) is 0 Å². The van der Waals surface area contributed by atoms with Crippen LogP contribution < -0.4 is 17.2 Å². The van der Waals surface area contributed by atoms with Gasteiger partial charge in [0.1, 0.15) is 11.7 Å². The minimum atomic E-state index is -0.981. The number of nitrogen functional groups attached to an aromatic ring is 2. The molecule has 1 amide bonds. The Kier molecular flexibility index (Phi) is 11.1. The number of carboxylic acids is 1. The van der Waals surface area contributed by atoms with Crippen molar-refractivity contribution < 1.29 is 14.7 Å². The lowest BCUT2D eigenvalue weighted by Gasteiger charge is -1.98. The molecule has 0 aliphatic carbocycles. The average Bonchev–Trinajstić information content (AvgIpc) is 2.55. The zero-order valence-corrected chi connectivity index (χ0v) is 15.1. The summed E-state index contributed by atoms with van der Waals surface area (Å²) in [4.78, 5) is 21.0. The van der Waals surface area contributed by atoms with Crippen molar-refractivity contribution in [3.63, 3.8) is 0 Å². The quantitative estimate of drug-likeness (QED) is 0.336. The topological polar surface area (TPSA) is 180 Å². The van der Waals surface area contributed by atoms with Crippen molar-refractivity contribution in [2.75, 3.05) is 0 Å². The summed E-state index contributed by atoms with van der Waals surface area (Å²) in [7, 11) is 0. The van der Waals surface area contributed by atoms with Crippen LogP contribution in [0.3, 0.4) is 0 Å². The van der Waals surface area contributed by atoms with Gasteiger partial charge >= 0.3 is 5.97 Å². The molecule has 0 fully saturated rings. The molecule has 0 aliphatic heterocycles. The molecule has 8 nitrogen and oxygen atoms in total. The number of halogens is 2. The van der Waals surface area contributed by atoms with E-state index in [4.69, 9.17) is 33.1 Å². The summed E-state index contributed by atoms with van der Waals surface area (Å²) in [5, 5.41) is 22.6. The Bertz CT molecular complexity index is 644. The number of nitrogens with two attached hydrogens (primary N) is 3. The molecule has 26 heavy (non-hydrogen) atoms. The fourth-order valence-corrected chi connectivity index (χ4v) is 1.61. The fraction of sp³-hybridized carbons (Fsp3) is 0. The summed E-state index contributed by atoms with van der Waals surface area (Å²) >= 11 is 0. The molecule has 0 aromatic heterocycles. The fourth-order valence-electron chi connectivity index (χ4n) is 1.61. The van der Waals surface area contributed by atoms with E-state index in [2.05, 4.69) is 0 Å². The number of amides is 1. The molecule has 0 saturated heterocycles. The Morgan fingerprint density at radius 1 is 0.654 bits per heavy atom. The molecule has 9 N–H and O–H groups in total. The molecule has 10 heteroatoms. The van der Waals surface area contributed by atoms with Crippen molar-refractivity contribution in [1.29, 1.82) is 10.8 Å². The molecule has 140 valence electrons. The van der Waals surface area contributed by atoms with E-state index in [0.717, 1.165) is 0 Å². The number of hydrogen-bond donors (Lipinski definition) is 6. The van der Waals surface area contributed by atoms with E-state index in [9.17, 15) is 9.59 Å². The lowest BCUT2D eigenvalue weighted by Crippen LogP contribution is -2.13. The average molecular weight is 400 g/mol. The van der Waals surface area contributed by atoms with Crippen molar-refractivity contribution in [2.45, 2.75) is 0 Å². The highest BCUT2D eigenvalue weighted by molar-refractivity contribution is 5.97. The molecule has 2 aromatic carbocycles. The zero-order valence-electron chi connectivity index (χ0n) is 13.4. The van der Waals surface area contributed by atoms with Gasteiger partial charge in [-0.25, -0.2) is 4.79 Å². The molecule has 0 heterocycles. The predicted molar refractivity (Wildman–Crippen MR) is 105 cm³/mol. The highest BCUT2D eigenvalue weighted by Gasteiger charge is 2.02. The molecule has 2 rings (SSSR count). The Morgan fingerprint density at radius 3 is 1.15 bits per heavy atom. The van der Waals surface area contributed by atoms with Gasteiger partial charge in [0.2, 0.25) is 5.91 Å². The molecule has 0 bridgehead atoms. The van der Waals surface area contributed by atoms with Crippen LogP contribution >= 0.6 is 24.8 Å². The first-order valence-electron chi connectivity index (χ1n) is 6.64. The predicted octanol–water partition coefficient (Wildman–Crippen LogP) is 1.58. The van der Waals surface area contributed by atoms with Gasteiger partial charge < -0.3 is 22.3 Å². The normalized spacial score (nSPS) is 8.62. The van der Waals surface area contributed by atoms with Gasteiger partial charge in [0.15, 0.2) is 0 Å². The monoisotopic (exact) mass is 399 g/mol. The second kappa shape index (κ2) is 11.5.